The van der Waals surface area contributed by atoms with Crippen LogP contribution in [-0.4, -0.2) is 20.9 Å². The van der Waals surface area contributed by atoms with E-state index in [0.717, 1.165) is 5.56 Å². The molecule has 0 amide bonds. The van der Waals surface area contributed by atoms with Crippen LogP contribution < -0.4 is 0 Å². The maximum atomic E-state index is 11.1. The Balaban J connectivity index is 2.66. The van der Waals surface area contributed by atoms with Gasteiger partial charge in [0.1, 0.15) is 16.4 Å². The summed E-state index contributed by atoms with van der Waals surface area (Å²) in [5.74, 6) is -1.07. The molecule has 0 aliphatic heterocycles. The Kier molecular flexibility index (Phi) is 2.66. The van der Waals surface area contributed by atoms with Crippen molar-refractivity contribution in [2.45, 2.75) is 0 Å². The van der Waals surface area contributed by atoms with Gasteiger partial charge in [-0.25, -0.2) is 4.79 Å². The minimum Gasteiger partial charge on any atom is -0.478 e. The highest BCUT2D eigenvalue weighted by atomic mass is 35.5. The lowest BCUT2D eigenvalue weighted by Gasteiger charge is -1.97. The molecule has 1 heterocycles. The Morgan fingerprint density at radius 1 is 1.38 bits per heavy atom. The van der Waals surface area contributed by atoms with Gasteiger partial charge < -0.3 is 5.11 Å². The second kappa shape index (κ2) is 3.98. The van der Waals surface area contributed by atoms with E-state index in [1.54, 1.807) is 19.2 Å². The molecule has 1 N–H and O–H groups in total. The van der Waals surface area contributed by atoms with Crippen LogP contribution in [0.5, 0.6) is 0 Å². The summed E-state index contributed by atoms with van der Waals surface area (Å²) in [6.45, 7) is 0. The number of halogens is 1. The van der Waals surface area contributed by atoms with Gasteiger partial charge >= 0.3 is 5.97 Å². The van der Waals surface area contributed by atoms with Gasteiger partial charge in [-0.15, -0.1) is 0 Å². The van der Waals surface area contributed by atoms with E-state index >= 15 is 0 Å². The van der Waals surface area contributed by atoms with Crippen molar-refractivity contribution in [1.29, 1.82) is 0 Å². The molecule has 0 spiro atoms. The first kappa shape index (κ1) is 10.7. The van der Waals surface area contributed by atoms with Crippen molar-refractivity contribution in [3.05, 3.63) is 41.0 Å². The maximum Gasteiger partial charge on any atom is 0.341 e. The van der Waals surface area contributed by atoms with E-state index in [9.17, 15) is 4.79 Å². The average Bonchev–Trinajstić information content (AvgIpc) is 2.57. The van der Waals surface area contributed by atoms with Gasteiger partial charge in [0.15, 0.2) is 0 Å². The van der Waals surface area contributed by atoms with Crippen LogP contribution in [0.4, 0.5) is 0 Å². The summed E-state index contributed by atoms with van der Waals surface area (Å²) in [7, 11) is 1.61. The number of hydrogen-bond acceptors (Lipinski definition) is 2. The second-order valence-electron chi connectivity index (χ2n) is 3.31. The monoisotopic (exact) mass is 236 g/mol. The first-order valence-electron chi connectivity index (χ1n) is 4.62. The van der Waals surface area contributed by atoms with E-state index in [-0.39, 0.29) is 10.7 Å². The van der Waals surface area contributed by atoms with Crippen molar-refractivity contribution in [2.75, 3.05) is 0 Å². The SMILES string of the molecule is Cn1nc(-c2ccccc2)c(C(=O)O)c1Cl. The number of carbonyl (C=O) groups is 1. The maximum absolute atomic E-state index is 11.1. The van der Waals surface area contributed by atoms with Gasteiger partial charge in [-0.05, 0) is 0 Å². The number of carboxylic acid groups (broad SMARTS) is 1. The van der Waals surface area contributed by atoms with Gasteiger partial charge in [0.05, 0.1) is 0 Å². The molecule has 0 unspecified atom stereocenters. The third-order valence-electron chi connectivity index (χ3n) is 2.24. The standard InChI is InChI=1S/C11H9ClN2O2/c1-14-10(12)8(11(15)16)9(13-14)7-5-3-2-4-6-7/h2-6H,1H3,(H,15,16). The van der Waals surface area contributed by atoms with Crippen molar-refractivity contribution in [1.82, 2.24) is 9.78 Å². The molecule has 0 bridgehead atoms. The van der Waals surface area contributed by atoms with Crippen LogP contribution in [0.25, 0.3) is 11.3 Å². The Labute approximate surface area is 97.1 Å². The van der Waals surface area contributed by atoms with E-state index in [2.05, 4.69) is 5.10 Å². The quantitative estimate of drug-likeness (QED) is 0.871. The van der Waals surface area contributed by atoms with Crippen LogP contribution in [0, 0.1) is 0 Å². The lowest BCUT2D eigenvalue weighted by Crippen LogP contribution is -1.98. The molecule has 1 aromatic carbocycles. The van der Waals surface area contributed by atoms with Gasteiger partial charge in [-0.1, -0.05) is 41.9 Å². The highest BCUT2D eigenvalue weighted by molar-refractivity contribution is 6.33. The van der Waals surface area contributed by atoms with Crippen LogP contribution in [0.1, 0.15) is 10.4 Å². The van der Waals surface area contributed by atoms with Gasteiger partial charge in [0.25, 0.3) is 0 Å². The van der Waals surface area contributed by atoms with Gasteiger partial charge in [0.2, 0.25) is 0 Å². The third-order valence-corrected chi connectivity index (χ3v) is 2.67. The molecule has 0 aliphatic carbocycles. The summed E-state index contributed by atoms with van der Waals surface area (Å²) >= 11 is 5.88. The van der Waals surface area contributed by atoms with E-state index in [4.69, 9.17) is 16.7 Å². The van der Waals surface area contributed by atoms with Crippen molar-refractivity contribution < 1.29 is 9.90 Å². The molecule has 0 atom stereocenters. The summed E-state index contributed by atoms with van der Waals surface area (Å²) in [5, 5.41) is 13.3. The Hall–Kier alpha value is -1.81. The predicted octanol–water partition coefficient (Wildman–Crippen LogP) is 2.44. The van der Waals surface area contributed by atoms with Crippen LogP contribution in [-0.2, 0) is 7.05 Å². The number of hydrogen-bond donors (Lipinski definition) is 1. The number of aryl methyl sites for hydroxylation is 1. The zero-order chi connectivity index (χ0) is 11.7. The first-order valence-corrected chi connectivity index (χ1v) is 5.00. The van der Waals surface area contributed by atoms with Gasteiger partial charge in [0, 0.05) is 12.6 Å². The predicted molar refractivity (Wildman–Crippen MR) is 60.6 cm³/mol. The zero-order valence-corrected chi connectivity index (χ0v) is 9.27. The summed E-state index contributed by atoms with van der Waals surface area (Å²) in [4.78, 5) is 11.1. The highest BCUT2D eigenvalue weighted by Crippen LogP contribution is 2.27. The smallest absolute Gasteiger partial charge is 0.341 e. The van der Waals surface area contributed by atoms with Crippen LogP contribution >= 0.6 is 11.6 Å². The van der Waals surface area contributed by atoms with Crippen LogP contribution in [0.15, 0.2) is 30.3 Å². The molecule has 82 valence electrons. The number of benzene rings is 1. The molecule has 0 saturated carbocycles. The third kappa shape index (κ3) is 1.67. The summed E-state index contributed by atoms with van der Waals surface area (Å²) < 4.78 is 1.35. The summed E-state index contributed by atoms with van der Waals surface area (Å²) in [6.07, 6.45) is 0. The topological polar surface area (TPSA) is 55.1 Å². The van der Waals surface area contributed by atoms with E-state index < -0.39 is 5.97 Å². The minimum atomic E-state index is -1.07. The zero-order valence-electron chi connectivity index (χ0n) is 8.51. The number of nitrogens with zero attached hydrogens (tertiary/aromatic N) is 2. The van der Waals surface area contributed by atoms with Crippen LogP contribution in [0.2, 0.25) is 5.15 Å². The normalized spacial score (nSPS) is 10.4. The van der Waals surface area contributed by atoms with E-state index in [1.165, 1.54) is 4.68 Å². The summed E-state index contributed by atoms with van der Waals surface area (Å²) in [6, 6.07) is 9.10. The number of aromatic carboxylic acids is 1. The first-order chi connectivity index (χ1) is 7.61. The van der Waals surface area contributed by atoms with Gasteiger partial charge in [-0.2, -0.15) is 5.10 Å². The Morgan fingerprint density at radius 2 is 2.00 bits per heavy atom. The van der Waals surface area contributed by atoms with Crippen molar-refractivity contribution in [3.63, 3.8) is 0 Å². The number of aromatic nitrogens is 2. The fraction of sp³-hybridized carbons (Fsp3) is 0.0909. The van der Waals surface area contributed by atoms with E-state index in [0.29, 0.717) is 5.69 Å². The molecule has 0 fully saturated rings. The Bertz CT molecular complexity index is 534. The highest BCUT2D eigenvalue weighted by Gasteiger charge is 2.21. The van der Waals surface area contributed by atoms with Crippen molar-refractivity contribution in [3.8, 4) is 11.3 Å². The molecule has 4 nitrogen and oxygen atoms in total. The van der Waals surface area contributed by atoms with Crippen LogP contribution in [0.3, 0.4) is 0 Å². The molecule has 1 aromatic heterocycles. The molecule has 5 heteroatoms. The van der Waals surface area contributed by atoms with Crippen molar-refractivity contribution >= 4 is 17.6 Å². The second-order valence-corrected chi connectivity index (χ2v) is 3.67. The Morgan fingerprint density at radius 3 is 2.56 bits per heavy atom. The lowest BCUT2D eigenvalue weighted by atomic mass is 10.1. The van der Waals surface area contributed by atoms with Gasteiger partial charge in [-0.3, -0.25) is 4.68 Å². The van der Waals surface area contributed by atoms with Crippen molar-refractivity contribution in [2.24, 2.45) is 7.05 Å². The molecular formula is C11H9ClN2O2. The molecular weight excluding hydrogens is 228 g/mol. The lowest BCUT2D eigenvalue weighted by molar-refractivity contribution is 0.0698. The fourth-order valence-electron chi connectivity index (χ4n) is 1.49. The molecule has 0 radical (unpaired) electrons. The molecule has 2 aromatic rings. The molecule has 0 aliphatic rings. The van der Waals surface area contributed by atoms with E-state index in [1.807, 2.05) is 18.2 Å². The summed E-state index contributed by atoms with van der Waals surface area (Å²) in [5.41, 5.74) is 1.17. The minimum absolute atomic E-state index is 0.0374. The number of carboxylic acids is 1. The largest absolute Gasteiger partial charge is 0.478 e. The fourth-order valence-corrected chi connectivity index (χ4v) is 1.70. The molecule has 0 saturated heterocycles. The number of rotatable bonds is 2. The average molecular weight is 237 g/mol. The molecule has 16 heavy (non-hydrogen) atoms. The molecule has 2 rings (SSSR count).